The summed E-state index contributed by atoms with van der Waals surface area (Å²) in [5.74, 6) is 0.714. The van der Waals surface area contributed by atoms with Crippen molar-refractivity contribution >= 4 is 11.6 Å². The number of ether oxygens (including phenoxy) is 1. The topological polar surface area (TPSA) is 50.4 Å². The number of hydrogen-bond acceptors (Lipinski definition) is 3. The summed E-state index contributed by atoms with van der Waals surface area (Å²) in [4.78, 5) is 13.1. The Balaban J connectivity index is 1.83. The summed E-state index contributed by atoms with van der Waals surface area (Å²) in [7, 11) is 1.65. The lowest BCUT2D eigenvalue weighted by Crippen LogP contribution is -2.33. The van der Waals surface area contributed by atoms with E-state index in [9.17, 15) is 4.79 Å². The Kier molecular flexibility index (Phi) is 6.45. The number of amides is 1. The van der Waals surface area contributed by atoms with Crippen LogP contribution in [0, 0.1) is 13.8 Å². The molecule has 0 aliphatic rings. The fraction of sp³-hybridized carbons (Fsp3) is 0.208. The van der Waals surface area contributed by atoms with Crippen molar-refractivity contribution in [2.45, 2.75) is 26.4 Å². The van der Waals surface area contributed by atoms with Gasteiger partial charge in [0.05, 0.1) is 7.11 Å². The first-order valence-electron chi connectivity index (χ1n) is 9.37. The maximum Gasteiger partial charge on any atom is 0.246 e. The van der Waals surface area contributed by atoms with Crippen molar-refractivity contribution in [2.75, 3.05) is 12.4 Å². The van der Waals surface area contributed by atoms with E-state index in [1.165, 1.54) is 0 Å². The molecule has 4 nitrogen and oxygen atoms in total. The van der Waals surface area contributed by atoms with Crippen LogP contribution in [0.3, 0.4) is 0 Å². The van der Waals surface area contributed by atoms with E-state index >= 15 is 0 Å². The molecular weight excluding hydrogens is 348 g/mol. The van der Waals surface area contributed by atoms with Crippen LogP contribution < -0.4 is 15.4 Å². The molecule has 2 N–H and O–H groups in total. The van der Waals surface area contributed by atoms with Gasteiger partial charge in [-0.2, -0.15) is 0 Å². The van der Waals surface area contributed by atoms with Crippen molar-refractivity contribution in [3.63, 3.8) is 0 Å². The first-order valence-corrected chi connectivity index (χ1v) is 9.37. The first-order chi connectivity index (χ1) is 13.6. The van der Waals surface area contributed by atoms with Gasteiger partial charge >= 0.3 is 0 Å². The molecule has 0 aromatic heterocycles. The third-order valence-electron chi connectivity index (χ3n) is 4.74. The van der Waals surface area contributed by atoms with Gasteiger partial charge in [0.15, 0.2) is 0 Å². The molecule has 0 aliphatic carbocycles. The quantitative estimate of drug-likeness (QED) is 0.626. The summed E-state index contributed by atoms with van der Waals surface area (Å²) in [6.07, 6.45) is 0. The molecule has 3 rings (SSSR count). The highest BCUT2D eigenvalue weighted by molar-refractivity contribution is 5.96. The lowest BCUT2D eigenvalue weighted by Gasteiger charge is -2.20. The van der Waals surface area contributed by atoms with E-state index in [4.69, 9.17) is 4.74 Å². The van der Waals surface area contributed by atoms with Gasteiger partial charge in [-0.05, 0) is 42.7 Å². The number of rotatable bonds is 7. The molecule has 0 radical (unpaired) electrons. The standard InChI is InChI=1S/C24H26N2O2/c1-17-13-14-18(2)21(15-17)26-24(27)23(19-9-5-4-6-10-19)25-16-20-11-7-8-12-22(20)28-3/h4-15,23,25H,16H2,1-3H3,(H,26,27). The third kappa shape index (κ3) is 4.78. The number of benzene rings is 3. The van der Waals surface area contributed by atoms with Crippen molar-refractivity contribution in [1.82, 2.24) is 5.32 Å². The second kappa shape index (κ2) is 9.20. The van der Waals surface area contributed by atoms with Crippen LogP contribution in [0.4, 0.5) is 5.69 Å². The molecule has 144 valence electrons. The Hall–Kier alpha value is -3.11. The Morgan fingerprint density at radius 3 is 2.43 bits per heavy atom. The Bertz CT molecular complexity index is 938. The molecule has 0 aliphatic heterocycles. The summed E-state index contributed by atoms with van der Waals surface area (Å²) < 4.78 is 5.43. The molecule has 0 bridgehead atoms. The fourth-order valence-electron chi connectivity index (χ4n) is 3.14. The van der Waals surface area contributed by atoms with Crippen LogP contribution in [0.15, 0.2) is 72.8 Å². The van der Waals surface area contributed by atoms with Crippen LogP contribution >= 0.6 is 0 Å². The van der Waals surface area contributed by atoms with Crippen LogP contribution in [-0.2, 0) is 11.3 Å². The second-order valence-corrected chi connectivity index (χ2v) is 6.84. The van der Waals surface area contributed by atoms with Crippen molar-refractivity contribution < 1.29 is 9.53 Å². The molecule has 4 heteroatoms. The molecule has 28 heavy (non-hydrogen) atoms. The summed E-state index contributed by atoms with van der Waals surface area (Å²) in [6.45, 7) is 4.53. The molecule has 0 heterocycles. The summed E-state index contributed by atoms with van der Waals surface area (Å²) in [5, 5.41) is 6.47. The molecule has 3 aromatic rings. The molecule has 0 fully saturated rings. The SMILES string of the molecule is COc1ccccc1CNC(C(=O)Nc1cc(C)ccc1C)c1ccccc1. The predicted octanol–water partition coefficient (Wildman–Crippen LogP) is 4.78. The minimum Gasteiger partial charge on any atom is -0.496 e. The molecule has 1 amide bonds. The van der Waals surface area contributed by atoms with Gasteiger partial charge in [-0.1, -0.05) is 60.7 Å². The molecule has 0 saturated carbocycles. The van der Waals surface area contributed by atoms with Crippen LogP contribution in [-0.4, -0.2) is 13.0 Å². The average Bonchev–Trinajstić information content (AvgIpc) is 2.72. The van der Waals surface area contributed by atoms with Gasteiger partial charge in [-0.3, -0.25) is 10.1 Å². The van der Waals surface area contributed by atoms with Crippen LogP contribution in [0.2, 0.25) is 0 Å². The number of hydrogen-bond donors (Lipinski definition) is 2. The van der Waals surface area contributed by atoms with E-state index in [1.54, 1.807) is 7.11 Å². The maximum absolute atomic E-state index is 13.1. The van der Waals surface area contributed by atoms with Gasteiger partial charge in [0.2, 0.25) is 5.91 Å². The van der Waals surface area contributed by atoms with Crippen molar-refractivity contribution in [1.29, 1.82) is 0 Å². The minimum absolute atomic E-state index is 0.0882. The summed E-state index contributed by atoms with van der Waals surface area (Å²) in [6, 6.07) is 23.1. The molecule has 3 aromatic carbocycles. The average molecular weight is 374 g/mol. The van der Waals surface area contributed by atoms with Gasteiger partial charge in [-0.15, -0.1) is 0 Å². The monoisotopic (exact) mass is 374 g/mol. The van der Waals surface area contributed by atoms with Crippen molar-refractivity contribution in [2.24, 2.45) is 0 Å². The number of carbonyl (C=O) groups excluding carboxylic acids is 1. The third-order valence-corrected chi connectivity index (χ3v) is 4.74. The summed E-state index contributed by atoms with van der Waals surface area (Å²) in [5.41, 5.74) is 4.91. The highest BCUT2D eigenvalue weighted by Gasteiger charge is 2.21. The number of para-hydroxylation sites is 1. The minimum atomic E-state index is -0.481. The normalized spacial score (nSPS) is 11.7. The van der Waals surface area contributed by atoms with Gasteiger partial charge < -0.3 is 10.1 Å². The molecule has 1 unspecified atom stereocenters. The van der Waals surface area contributed by atoms with Crippen LogP contribution in [0.25, 0.3) is 0 Å². The maximum atomic E-state index is 13.1. The zero-order valence-corrected chi connectivity index (χ0v) is 16.5. The highest BCUT2D eigenvalue weighted by atomic mass is 16.5. The van der Waals surface area contributed by atoms with E-state index < -0.39 is 6.04 Å². The van der Waals surface area contributed by atoms with Crippen LogP contribution in [0.5, 0.6) is 5.75 Å². The van der Waals surface area contributed by atoms with Gasteiger partial charge in [0.1, 0.15) is 11.8 Å². The van der Waals surface area contributed by atoms with Gasteiger partial charge in [-0.25, -0.2) is 0 Å². The van der Waals surface area contributed by atoms with E-state index in [1.807, 2.05) is 86.6 Å². The zero-order chi connectivity index (χ0) is 19.9. The van der Waals surface area contributed by atoms with E-state index in [-0.39, 0.29) is 5.91 Å². The number of anilines is 1. The van der Waals surface area contributed by atoms with Crippen molar-refractivity contribution in [3.05, 3.63) is 95.1 Å². The summed E-state index contributed by atoms with van der Waals surface area (Å²) >= 11 is 0. The smallest absolute Gasteiger partial charge is 0.246 e. The van der Waals surface area contributed by atoms with Gasteiger partial charge in [0, 0.05) is 17.8 Å². The Labute approximate surface area is 166 Å². The predicted molar refractivity (Wildman–Crippen MR) is 114 cm³/mol. The molecule has 0 saturated heterocycles. The van der Waals surface area contributed by atoms with Crippen LogP contribution in [0.1, 0.15) is 28.3 Å². The molecule has 0 spiro atoms. The Morgan fingerprint density at radius 1 is 0.964 bits per heavy atom. The number of nitrogens with one attached hydrogen (secondary N) is 2. The first kappa shape index (κ1) is 19.6. The largest absolute Gasteiger partial charge is 0.496 e. The van der Waals surface area contributed by atoms with Crippen molar-refractivity contribution in [3.8, 4) is 5.75 Å². The number of methoxy groups -OCH3 is 1. The molecular formula is C24H26N2O2. The zero-order valence-electron chi connectivity index (χ0n) is 16.5. The van der Waals surface area contributed by atoms with Gasteiger partial charge in [0.25, 0.3) is 0 Å². The number of aryl methyl sites for hydroxylation is 2. The van der Waals surface area contributed by atoms with E-state index in [0.717, 1.165) is 33.7 Å². The number of carbonyl (C=O) groups is 1. The highest BCUT2D eigenvalue weighted by Crippen LogP contribution is 2.22. The second-order valence-electron chi connectivity index (χ2n) is 6.84. The van der Waals surface area contributed by atoms with E-state index in [0.29, 0.717) is 6.54 Å². The fourth-order valence-corrected chi connectivity index (χ4v) is 3.14. The lowest BCUT2D eigenvalue weighted by molar-refractivity contribution is -0.118. The molecule has 1 atom stereocenters. The Morgan fingerprint density at radius 2 is 1.68 bits per heavy atom. The van der Waals surface area contributed by atoms with E-state index in [2.05, 4.69) is 10.6 Å². The lowest BCUT2D eigenvalue weighted by atomic mass is 10.0.